The Morgan fingerprint density at radius 3 is 2.34 bits per heavy atom. The molecular formula is C22H23F3N2O2. The summed E-state index contributed by atoms with van der Waals surface area (Å²) in [5.41, 5.74) is 0.595. The molecule has 0 aliphatic heterocycles. The van der Waals surface area contributed by atoms with Crippen molar-refractivity contribution in [3.8, 4) is 5.75 Å². The van der Waals surface area contributed by atoms with Crippen molar-refractivity contribution in [2.75, 3.05) is 7.11 Å². The summed E-state index contributed by atoms with van der Waals surface area (Å²) in [5.74, 6) is -0.672. The van der Waals surface area contributed by atoms with Crippen molar-refractivity contribution in [1.29, 1.82) is 0 Å². The molecule has 1 aromatic heterocycles. The van der Waals surface area contributed by atoms with Gasteiger partial charge in [0.1, 0.15) is 11.5 Å². The average Bonchev–Trinajstić information content (AvgIpc) is 2.67. The fraction of sp³-hybridized carbons (Fsp3) is 0.273. The van der Waals surface area contributed by atoms with Gasteiger partial charge in [0.15, 0.2) is 5.57 Å². The molecule has 1 aromatic carbocycles. The van der Waals surface area contributed by atoms with Crippen molar-refractivity contribution >= 4 is 5.71 Å². The second-order valence-corrected chi connectivity index (χ2v) is 6.19. The van der Waals surface area contributed by atoms with E-state index in [1.807, 2.05) is 13.0 Å². The van der Waals surface area contributed by atoms with Gasteiger partial charge < -0.3 is 9.47 Å². The number of pyridine rings is 1. The summed E-state index contributed by atoms with van der Waals surface area (Å²) < 4.78 is 52.6. The van der Waals surface area contributed by atoms with Gasteiger partial charge in [-0.05, 0) is 50.1 Å². The molecule has 0 bridgehead atoms. The van der Waals surface area contributed by atoms with Crippen LogP contribution < -0.4 is 4.74 Å². The SMILES string of the molecule is CC/C=C(Oc1ccccc1)/C(=C(\N=C(/C)c1ccc(C)cn1)OC)C(F)(F)F. The van der Waals surface area contributed by atoms with Crippen LogP contribution in [0.4, 0.5) is 13.2 Å². The van der Waals surface area contributed by atoms with Crippen LogP contribution in [-0.4, -0.2) is 24.0 Å². The molecule has 0 saturated carbocycles. The molecule has 0 amide bonds. The smallest absolute Gasteiger partial charge is 0.425 e. The monoisotopic (exact) mass is 404 g/mol. The number of hydrogen-bond donors (Lipinski definition) is 0. The van der Waals surface area contributed by atoms with Gasteiger partial charge in [-0.2, -0.15) is 13.2 Å². The van der Waals surface area contributed by atoms with Crippen molar-refractivity contribution < 1.29 is 22.6 Å². The third-order valence-corrected chi connectivity index (χ3v) is 3.85. The van der Waals surface area contributed by atoms with Crippen LogP contribution in [-0.2, 0) is 4.74 Å². The van der Waals surface area contributed by atoms with E-state index in [0.717, 1.165) is 12.7 Å². The highest BCUT2D eigenvalue weighted by Crippen LogP contribution is 2.36. The van der Waals surface area contributed by atoms with Crippen LogP contribution in [0.25, 0.3) is 0 Å². The lowest BCUT2D eigenvalue weighted by Crippen LogP contribution is -2.20. The second-order valence-electron chi connectivity index (χ2n) is 6.19. The number of hydrogen-bond acceptors (Lipinski definition) is 4. The molecule has 0 aliphatic rings. The zero-order valence-electron chi connectivity index (χ0n) is 16.7. The summed E-state index contributed by atoms with van der Waals surface area (Å²) in [5, 5.41) is 0. The summed E-state index contributed by atoms with van der Waals surface area (Å²) >= 11 is 0. The van der Waals surface area contributed by atoms with Crippen LogP contribution in [0.15, 0.2) is 76.9 Å². The van der Waals surface area contributed by atoms with Gasteiger partial charge in [-0.15, -0.1) is 0 Å². The number of aromatic nitrogens is 1. The lowest BCUT2D eigenvalue weighted by Gasteiger charge is -2.18. The van der Waals surface area contributed by atoms with E-state index in [9.17, 15) is 13.2 Å². The van der Waals surface area contributed by atoms with Gasteiger partial charge in [-0.1, -0.05) is 31.2 Å². The predicted octanol–water partition coefficient (Wildman–Crippen LogP) is 5.99. The maximum atomic E-state index is 14.0. The van der Waals surface area contributed by atoms with Crippen LogP contribution >= 0.6 is 0 Å². The zero-order chi connectivity index (χ0) is 21.4. The number of alkyl halides is 3. The normalized spacial score (nSPS) is 13.8. The average molecular weight is 404 g/mol. The van der Waals surface area contributed by atoms with E-state index in [1.165, 1.54) is 6.08 Å². The lowest BCUT2D eigenvalue weighted by molar-refractivity contribution is -0.0953. The van der Waals surface area contributed by atoms with Crippen molar-refractivity contribution in [3.63, 3.8) is 0 Å². The number of aryl methyl sites for hydroxylation is 1. The van der Waals surface area contributed by atoms with E-state index in [1.54, 1.807) is 56.4 Å². The molecule has 0 radical (unpaired) electrons. The molecule has 4 nitrogen and oxygen atoms in total. The van der Waals surface area contributed by atoms with Gasteiger partial charge in [0, 0.05) is 6.20 Å². The van der Waals surface area contributed by atoms with E-state index in [-0.39, 0.29) is 11.5 Å². The molecule has 0 aliphatic carbocycles. The summed E-state index contributed by atoms with van der Waals surface area (Å²) in [7, 11) is 1.15. The molecule has 7 heteroatoms. The number of rotatable bonds is 7. The standard InChI is InChI=1S/C22H23F3N2O2/c1-5-9-19(29-17-10-7-6-8-11-17)20(22(23,24)25)21(28-4)27-16(3)18-13-12-15(2)14-26-18/h6-14H,5H2,1-4H3/b19-9-,21-20-,27-16+. The summed E-state index contributed by atoms with van der Waals surface area (Å²) in [4.78, 5) is 8.28. The maximum absolute atomic E-state index is 14.0. The van der Waals surface area contributed by atoms with Crippen molar-refractivity contribution in [2.45, 2.75) is 33.4 Å². The molecule has 0 fully saturated rings. The fourth-order valence-corrected chi connectivity index (χ4v) is 2.46. The predicted molar refractivity (Wildman–Crippen MR) is 107 cm³/mol. The van der Waals surface area contributed by atoms with Crippen LogP contribution in [0.1, 0.15) is 31.5 Å². The van der Waals surface area contributed by atoms with Crippen LogP contribution in [0.2, 0.25) is 0 Å². The van der Waals surface area contributed by atoms with Gasteiger partial charge >= 0.3 is 6.18 Å². The number of aliphatic imine (C=N–C) groups is 1. The number of methoxy groups -OCH3 is 1. The Kier molecular flexibility index (Phi) is 7.59. The summed E-state index contributed by atoms with van der Waals surface area (Å²) in [6.45, 7) is 5.17. The number of allylic oxidation sites excluding steroid dienone is 2. The first-order valence-electron chi connectivity index (χ1n) is 9.03. The highest BCUT2D eigenvalue weighted by Gasteiger charge is 2.41. The molecule has 0 saturated heterocycles. The highest BCUT2D eigenvalue weighted by atomic mass is 19.4. The van der Waals surface area contributed by atoms with Gasteiger partial charge in [0.05, 0.1) is 18.5 Å². The van der Waals surface area contributed by atoms with E-state index in [0.29, 0.717) is 17.8 Å². The second kappa shape index (κ2) is 9.91. The molecule has 0 unspecified atom stereocenters. The molecule has 0 atom stereocenters. The van der Waals surface area contributed by atoms with Gasteiger partial charge in [-0.25, -0.2) is 4.99 Å². The first kappa shape index (κ1) is 22.2. The Morgan fingerprint density at radius 1 is 1.14 bits per heavy atom. The number of ether oxygens (including phenoxy) is 2. The molecule has 0 spiro atoms. The number of nitrogens with zero attached hydrogens (tertiary/aromatic N) is 2. The first-order chi connectivity index (χ1) is 13.8. The quantitative estimate of drug-likeness (QED) is 0.323. The van der Waals surface area contributed by atoms with Gasteiger partial charge in [0.2, 0.25) is 5.88 Å². The van der Waals surface area contributed by atoms with Crippen LogP contribution in [0, 0.1) is 6.92 Å². The third kappa shape index (κ3) is 6.20. The Labute approximate surface area is 168 Å². The number of benzene rings is 1. The number of para-hydroxylation sites is 1. The maximum Gasteiger partial charge on any atom is 0.425 e. The molecular weight excluding hydrogens is 381 g/mol. The molecule has 29 heavy (non-hydrogen) atoms. The highest BCUT2D eigenvalue weighted by molar-refractivity contribution is 5.97. The van der Waals surface area contributed by atoms with Crippen molar-refractivity contribution in [1.82, 2.24) is 4.98 Å². The molecule has 154 valence electrons. The molecule has 0 N–H and O–H groups in total. The van der Waals surface area contributed by atoms with Crippen LogP contribution in [0.5, 0.6) is 5.75 Å². The fourth-order valence-electron chi connectivity index (χ4n) is 2.46. The molecule has 2 rings (SSSR count). The van der Waals surface area contributed by atoms with E-state index in [4.69, 9.17) is 9.47 Å². The van der Waals surface area contributed by atoms with E-state index >= 15 is 0 Å². The molecule has 2 aromatic rings. The largest absolute Gasteiger partial charge is 0.480 e. The Hall–Kier alpha value is -3.09. The number of halogens is 3. The van der Waals surface area contributed by atoms with E-state index < -0.39 is 17.6 Å². The minimum atomic E-state index is -4.74. The Balaban J connectivity index is 2.58. The van der Waals surface area contributed by atoms with Gasteiger partial charge in [-0.3, -0.25) is 4.98 Å². The minimum absolute atomic E-state index is 0.283. The first-order valence-corrected chi connectivity index (χ1v) is 9.03. The minimum Gasteiger partial charge on any atom is -0.480 e. The Bertz CT molecular complexity index is 900. The topological polar surface area (TPSA) is 43.7 Å². The molecule has 1 heterocycles. The van der Waals surface area contributed by atoms with Gasteiger partial charge in [0.25, 0.3) is 0 Å². The van der Waals surface area contributed by atoms with Crippen LogP contribution in [0.3, 0.4) is 0 Å². The van der Waals surface area contributed by atoms with E-state index in [2.05, 4.69) is 9.98 Å². The lowest BCUT2D eigenvalue weighted by atomic mass is 10.1. The van der Waals surface area contributed by atoms with Crippen molar-refractivity contribution in [3.05, 3.63) is 83.2 Å². The van der Waals surface area contributed by atoms with Crippen molar-refractivity contribution in [2.24, 2.45) is 4.99 Å². The summed E-state index contributed by atoms with van der Waals surface area (Å²) in [6.07, 6.45) is -1.44. The Morgan fingerprint density at radius 2 is 1.83 bits per heavy atom. The zero-order valence-corrected chi connectivity index (χ0v) is 16.7. The summed E-state index contributed by atoms with van der Waals surface area (Å²) in [6, 6.07) is 11.8. The third-order valence-electron chi connectivity index (χ3n) is 3.85.